The number of aliphatic imine (C=N–C) groups is 1. The maximum atomic E-state index is 4.99. The minimum atomic E-state index is 0.552. The Kier molecular flexibility index (Phi) is 24.6. The number of hydrazine groups is 1. The summed E-state index contributed by atoms with van der Waals surface area (Å²) in [5, 5.41) is 0. The Morgan fingerprint density at radius 3 is 2.00 bits per heavy atom. The lowest BCUT2D eigenvalue weighted by atomic mass is 10.8. The fraction of sp³-hybridized carbons (Fsp3) is 0.667. The topological polar surface area (TPSA) is 90.4 Å². The van der Waals surface area contributed by atoms with E-state index in [1.807, 2.05) is 0 Å². The molecule has 6 N–H and O–H groups in total. The molecule has 0 aliphatic carbocycles. The highest BCUT2D eigenvalue weighted by Crippen LogP contribution is 1.40. The molecule has 7 heavy (non-hydrogen) atoms. The first kappa shape index (κ1) is 9.75. The number of hydrogen-bond acceptors (Lipinski definition) is 4. The zero-order valence-corrected chi connectivity index (χ0v) is 4.46. The highest BCUT2D eigenvalue weighted by Gasteiger charge is 1.51. The highest BCUT2D eigenvalue weighted by atomic mass is 15.0. The summed E-state index contributed by atoms with van der Waals surface area (Å²) >= 11 is 0. The van der Waals surface area contributed by atoms with E-state index < -0.39 is 0 Å². The van der Waals surface area contributed by atoms with Gasteiger partial charge in [-0.1, -0.05) is 0 Å². The fourth-order valence-electron chi connectivity index (χ4n) is 0.105. The molecule has 0 fully saturated rings. The van der Waals surface area contributed by atoms with Crippen LogP contribution < -0.4 is 17.4 Å². The summed E-state index contributed by atoms with van der Waals surface area (Å²) < 4.78 is 0. The molecule has 0 unspecified atom stereocenters. The number of nitrogens with two attached hydrogens (primary N) is 3. The molecule has 0 aromatic carbocycles. The van der Waals surface area contributed by atoms with E-state index in [0.717, 1.165) is 0 Å². The smallest absolute Gasteiger partial charge is 0.0279 e. The average molecular weight is 104 g/mol. The Labute approximate surface area is 43.4 Å². The van der Waals surface area contributed by atoms with E-state index in [0.29, 0.717) is 6.54 Å². The molecule has 0 atom stereocenters. The molecule has 0 radical (unpaired) electrons. The largest absolute Gasteiger partial charge is 0.326 e. The van der Waals surface area contributed by atoms with Crippen LogP contribution in [0.1, 0.15) is 0 Å². The van der Waals surface area contributed by atoms with E-state index in [4.69, 9.17) is 5.73 Å². The molecule has 0 heterocycles. The second-order valence-corrected chi connectivity index (χ2v) is 0.676. The van der Waals surface area contributed by atoms with Crippen molar-refractivity contribution in [3.05, 3.63) is 0 Å². The number of nitrogens with zero attached hydrogens (tertiary/aromatic N) is 1. The summed E-state index contributed by atoms with van der Waals surface area (Å²) in [7, 11) is 1.70. The Morgan fingerprint density at radius 2 is 2.00 bits per heavy atom. The van der Waals surface area contributed by atoms with Crippen LogP contribution in [0, 0.1) is 0 Å². The predicted molar refractivity (Wildman–Crippen MR) is 31.8 cm³/mol. The van der Waals surface area contributed by atoms with Crippen LogP contribution in [0.5, 0.6) is 0 Å². The van der Waals surface area contributed by atoms with Gasteiger partial charge in [0.15, 0.2) is 0 Å². The van der Waals surface area contributed by atoms with Gasteiger partial charge in [0.05, 0.1) is 0 Å². The molecule has 44 valence electrons. The van der Waals surface area contributed by atoms with Gasteiger partial charge in [0, 0.05) is 19.8 Å². The van der Waals surface area contributed by atoms with Gasteiger partial charge in [0.25, 0.3) is 0 Å². The molecule has 0 aliphatic heterocycles. The lowest BCUT2D eigenvalue weighted by Crippen LogP contribution is -2.02. The first-order valence-corrected chi connectivity index (χ1v) is 1.86. The lowest BCUT2D eigenvalue weighted by molar-refractivity contribution is 1.26. The van der Waals surface area contributed by atoms with Crippen LogP contribution >= 0.6 is 0 Å². The molecule has 0 aromatic rings. The molecule has 0 saturated carbocycles. The van der Waals surface area contributed by atoms with Crippen LogP contribution in [0.4, 0.5) is 0 Å². The summed E-state index contributed by atoms with van der Waals surface area (Å²) in [6.07, 6.45) is 1.65. The Hall–Kier alpha value is -0.450. The molecular weight excluding hydrogens is 92.1 g/mol. The lowest BCUT2D eigenvalue weighted by Gasteiger charge is -1.67. The average Bonchev–Trinajstić information content (AvgIpc) is 1.75. The third-order valence-corrected chi connectivity index (χ3v) is 0.288. The summed E-state index contributed by atoms with van der Waals surface area (Å²) in [6, 6.07) is 0. The highest BCUT2D eigenvalue weighted by molar-refractivity contribution is 5.58. The van der Waals surface area contributed by atoms with E-state index in [9.17, 15) is 0 Å². The second-order valence-electron chi connectivity index (χ2n) is 0.676. The summed E-state index contributed by atoms with van der Waals surface area (Å²) in [4.78, 5) is 3.60. The van der Waals surface area contributed by atoms with Gasteiger partial charge < -0.3 is 5.73 Å². The third kappa shape index (κ3) is 29.1. The van der Waals surface area contributed by atoms with Crippen molar-refractivity contribution in [2.45, 2.75) is 0 Å². The molecular formula is C3H12N4. The van der Waals surface area contributed by atoms with Gasteiger partial charge in [0.1, 0.15) is 0 Å². The zero-order valence-electron chi connectivity index (χ0n) is 4.46. The SMILES string of the molecule is CN=CCN.NN. The van der Waals surface area contributed by atoms with Gasteiger partial charge >= 0.3 is 0 Å². The maximum absolute atomic E-state index is 4.99. The van der Waals surface area contributed by atoms with Crippen molar-refractivity contribution in [2.75, 3.05) is 13.6 Å². The van der Waals surface area contributed by atoms with Gasteiger partial charge in [-0.3, -0.25) is 16.7 Å². The van der Waals surface area contributed by atoms with Gasteiger partial charge in [-0.15, -0.1) is 0 Å². The van der Waals surface area contributed by atoms with Crippen molar-refractivity contribution in [2.24, 2.45) is 22.4 Å². The van der Waals surface area contributed by atoms with Crippen molar-refractivity contribution in [1.82, 2.24) is 0 Å². The normalized spacial score (nSPS) is 8.00. The van der Waals surface area contributed by atoms with Crippen molar-refractivity contribution in [3.8, 4) is 0 Å². The van der Waals surface area contributed by atoms with Crippen LogP contribution in [-0.4, -0.2) is 19.8 Å². The molecule has 0 spiro atoms. The van der Waals surface area contributed by atoms with Gasteiger partial charge in [-0.05, 0) is 0 Å². The first-order valence-electron chi connectivity index (χ1n) is 1.86. The fourth-order valence-corrected chi connectivity index (χ4v) is 0.105. The molecule has 0 rings (SSSR count). The quantitative estimate of drug-likeness (QED) is 0.214. The number of rotatable bonds is 1. The molecule has 4 nitrogen and oxygen atoms in total. The Bertz CT molecular complexity index is 33.9. The van der Waals surface area contributed by atoms with Crippen molar-refractivity contribution in [1.29, 1.82) is 0 Å². The predicted octanol–water partition coefficient (Wildman–Crippen LogP) is -1.54. The Balaban J connectivity index is 0. The number of hydrogen-bond donors (Lipinski definition) is 3. The van der Waals surface area contributed by atoms with Gasteiger partial charge in [-0.2, -0.15) is 0 Å². The van der Waals surface area contributed by atoms with E-state index in [-0.39, 0.29) is 0 Å². The molecule has 0 amide bonds. The molecule has 0 saturated heterocycles. The Morgan fingerprint density at radius 1 is 1.57 bits per heavy atom. The van der Waals surface area contributed by atoms with E-state index in [1.165, 1.54) is 0 Å². The molecule has 0 aliphatic rings. The van der Waals surface area contributed by atoms with E-state index in [2.05, 4.69) is 16.7 Å². The summed E-state index contributed by atoms with van der Waals surface area (Å²) in [5.74, 6) is 8.00. The molecule has 4 heteroatoms. The van der Waals surface area contributed by atoms with Crippen molar-refractivity contribution < 1.29 is 0 Å². The molecule has 0 bridgehead atoms. The van der Waals surface area contributed by atoms with Crippen LogP contribution in [0.25, 0.3) is 0 Å². The van der Waals surface area contributed by atoms with Crippen LogP contribution in [-0.2, 0) is 0 Å². The van der Waals surface area contributed by atoms with Gasteiger partial charge in [-0.25, -0.2) is 0 Å². The summed E-state index contributed by atoms with van der Waals surface area (Å²) in [6.45, 7) is 0.552. The first-order chi connectivity index (χ1) is 3.41. The third-order valence-electron chi connectivity index (χ3n) is 0.288. The van der Waals surface area contributed by atoms with Crippen LogP contribution in [0.3, 0.4) is 0 Å². The van der Waals surface area contributed by atoms with Crippen LogP contribution in [0.2, 0.25) is 0 Å². The van der Waals surface area contributed by atoms with E-state index >= 15 is 0 Å². The minimum Gasteiger partial charge on any atom is -0.326 e. The standard InChI is InChI=1S/C3H8N2.H4N2/c1-5-3-2-4;1-2/h3H,2,4H2,1H3;1-2H2. The maximum Gasteiger partial charge on any atom is 0.0279 e. The van der Waals surface area contributed by atoms with Gasteiger partial charge in [0.2, 0.25) is 0 Å². The minimum absolute atomic E-state index is 0.552. The van der Waals surface area contributed by atoms with E-state index in [1.54, 1.807) is 13.3 Å². The van der Waals surface area contributed by atoms with Crippen LogP contribution in [0.15, 0.2) is 4.99 Å². The summed E-state index contributed by atoms with van der Waals surface area (Å²) in [5.41, 5.74) is 4.99. The zero-order chi connectivity index (χ0) is 6.12. The van der Waals surface area contributed by atoms with Crippen molar-refractivity contribution >= 4 is 6.21 Å². The molecule has 0 aromatic heterocycles. The monoisotopic (exact) mass is 104 g/mol. The van der Waals surface area contributed by atoms with Crippen molar-refractivity contribution in [3.63, 3.8) is 0 Å². The second kappa shape index (κ2) is 17.7.